The maximum Gasteiger partial charge on any atom is 0.236 e. The lowest BCUT2D eigenvalue weighted by Crippen LogP contribution is -2.50. The number of halogens is 1. The number of carbonyl (C=O) groups excluding carboxylic acids is 2. The summed E-state index contributed by atoms with van der Waals surface area (Å²) in [5.74, 6) is 0.309. The summed E-state index contributed by atoms with van der Waals surface area (Å²) in [5, 5.41) is 0. The molecule has 1 heterocycles. The number of hydrogen-bond acceptors (Lipinski definition) is 4. The van der Waals surface area contributed by atoms with Gasteiger partial charge in [0.1, 0.15) is 5.78 Å². The fraction of sp³-hybridized carbons (Fsp3) is 0.800. The molecule has 0 radical (unpaired) electrons. The van der Waals surface area contributed by atoms with Crippen molar-refractivity contribution in [3.05, 3.63) is 0 Å². The summed E-state index contributed by atoms with van der Waals surface area (Å²) in [7, 11) is 0. The Bertz CT molecular complexity index is 252. The van der Waals surface area contributed by atoms with E-state index in [1.165, 1.54) is 0 Å². The van der Waals surface area contributed by atoms with Gasteiger partial charge in [-0.1, -0.05) is 22.6 Å². The van der Waals surface area contributed by atoms with E-state index in [0.717, 1.165) is 32.7 Å². The molecule has 16 heavy (non-hydrogen) atoms. The molecule has 0 aromatic heterocycles. The zero-order valence-corrected chi connectivity index (χ0v) is 11.5. The van der Waals surface area contributed by atoms with Crippen LogP contribution in [0.5, 0.6) is 0 Å². The molecule has 92 valence electrons. The lowest BCUT2D eigenvalue weighted by atomic mass is 10.2. The molecule has 2 N–H and O–H groups in total. The van der Waals surface area contributed by atoms with Gasteiger partial charge < -0.3 is 10.6 Å². The quantitative estimate of drug-likeness (QED) is 0.541. The van der Waals surface area contributed by atoms with Crippen molar-refractivity contribution in [1.29, 1.82) is 0 Å². The Hall–Kier alpha value is -0.210. The Morgan fingerprint density at radius 1 is 1.19 bits per heavy atom. The highest BCUT2D eigenvalue weighted by Gasteiger charge is 2.19. The van der Waals surface area contributed by atoms with E-state index < -0.39 is 0 Å². The first kappa shape index (κ1) is 13.9. The van der Waals surface area contributed by atoms with E-state index in [4.69, 9.17) is 5.73 Å². The van der Waals surface area contributed by atoms with Crippen LogP contribution >= 0.6 is 22.6 Å². The number of rotatable bonds is 5. The van der Waals surface area contributed by atoms with E-state index in [9.17, 15) is 9.59 Å². The van der Waals surface area contributed by atoms with E-state index in [1.54, 1.807) is 4.90 Å². The van der Waals surface area contributed by atoms with Crippen molar-refractivity contribution in [2.45, 2.75) is 6.42 Å². The number of amides is 1. The van der Waals surface area contributed by atoms with Crippen LogP contribution in [0.25, 0.3) is 0 Å². The Kier molecular flexibility index (Phi) is 6.22. The monoisotopic (exact) mass is 339 g/mol. The Morgan fingerprint density at radius 2 is 1.81 bits per heavy atom. The van der Waals surface area contributed by atoms with E-state index in [2.05, 4.69) is 27.5 Å². The third-order valence-electron chi connectivity index (χ3n) is 2.76. The molecule has 0 aliphatic carbocycles. The molecule has 6 heteroatoms. The van der Waals surface area contributed by atoms with Crippen molar-refractivity contribution in [3.63, 3.8) is 0 Å². The van der Waals surface area contributed by atoms with Gasteiger partial charge in [0.25, 0.3) is 0 Å². The summed E-state index contributed by atoms with van der Waals surface area (Å²) in [5.41, 5.74) is 5.30. The first-order chi connectivity index (χ1) is 7.67. The lowest BCUT2D eigenvalue weighted by Gasteiger charge is -2.34. The van der Waals surface area contributed by atoms with Gasteiger partial charge in [-0.05, 0) is 0 Å². The van der Waals surface area contributed by atoms with Gasteiger partial charge in [-0.2, -0.15) is 0 Å². The molecule has 1 saturated heterocycles. The molecule has 0 aromatic rings. The maximum atomic E-state index is 11.3. The van der Waals surface area contributed by atoms with Crippen LogP contribution in [0, 0.1) is 0 Å². The van der Waals surface area contributed by atoms with Crippen LogP contribution in [-0.2, 0) is 9.59 Å². The van der Waals surface area contributed by atoms with Crippen LogP contribution in [0.2, 0.25) is 0 Å². The normalized spacial score (nSPS) is 17.5. The molecule has 1 aliphatic heterocycles. The second-order valence-electron chi connectivity index (χ2n) is 3.85. The first-order valence-electron chi connectivity index (χ1n) is 5.45. The second-order valence-corrected chi connectivity index (χ2v) is 4.61. The minimum absolute atomic E-state index is 0.0167. The van der Waals surface area contributed by atoms with Crippen LogP contribution in [0.15, 0.2) is 0 Å². The number of hydrogen-bond donors (Lipinski definition) is 1. The van der Waals surface area contributed by atoms with Gasteiger partial charge in [-0.3, -0.25) is 14.5 Å². The Labute approximate surface area is 109 Å². The number of Topliss-reactive ketones (excluding diaryl/α,β-unsaturated/α-hetero) is 1. The molecule has 1 fully saturated rings. The van der Waals surface area contributed by atoms with Crippen molar-refractivity contribution in [2.24, 2.45) is 5.73 Å². The largest absolute Gasteiger partial charge is 0.339 e. The fourth-order valence-electron chi connectivity index (χ4n) is 1.70. The predicted molar refractivity (Wildman–Crippen MR) is 70.6 cm³/mol. The third kappa shape index (κ3) is 4.34. The number of carbonyl (C=O) groups is 2. The highest BCUT2D eigenvalue weighted by atomic mass is 127. The summed E-state index contributed by atoms with van der Waals surface area (Å²) in [6, 6.07) is 0. The molecule has 0 atom stereocenters. The van der Waals surface area contributed by atoms with Gasteiger partial charge in [0.05, 0.1) is 11.0 Å². The van der Waals surface area contributed by atoms with Crippen LogP contribution < -0.4 is 5.73 Å². The van der Waals surface area contributed by atoms with Gasteiger partial charge in [-0.25, -0.2) is 0 Å². The smallest absolute Gasteiger partial charge is 0.236 e. The Balaban J connectivity index is 2.22. The highest BCUT2D eigenvalue weighted by Crippen LogP contribution is 2.03. The minimum atomic E-state index is 0.0167. The summed E-state index contributed by atoms with van der Waals surface area (Å²) >= 11 is 2.09. The van der Waals surface area contributed by atoms with Crippen molar-refractivity contribution < 1.29 is 9.59 Å². The summed E-state index contributed by atoms with van der Waals surface area (Å²) in [4.78, 5) is 26.5. The molecule has 1 amide bonds. The lowest BCUT2D eigenvalue weighted by molar-refractivity contribution is -0.131. The summed E-state index contributed by atoms with van der Waals surface area (Å²) < 4.78 is 0.587. The number of alkyl halides is 1. The first-order valence-corrected chi connectivity index (χ1v) is 6.97. The van der Waals surface area contributed by atoms with Gasteiger partial charge >= 0.3 is 0 Å². The minimum Gasteiger partial charge on any atom is -0.339 e. The van der Waals surface area contributed by atoms with E-state index in [-0.39, 0.29) is 12.5 Å². The van der Waals surface area contributed by atoms with Crippen LogP contribution in [-0.4, -0.2) is 65.2 Å². The van der Waals surface area contributed by atoms with Gasteiger partial charge in [-0.15, -0.1) is 0 Å². The molecule has 0 spiro atoms. The van der Waals surface area contributed by atoms with Crippen molar-refractivity contribution in [2.75, 3.05) is 43.7 Å². The zero-order valence-electron chi connectivity index (χ0n) is 9.32. The van der Waals surface area contributed by atoms with Crippen LogP contribution in [0.1, 0.15) is 6.42 Å². The fourth-order valence-corrected chi connectivity index (χ4v) is 2.08. The number of piperazine rings is 1. The van der Waals surface area contributed by atoms with E-state index in [0.29, 0.717) is 16.6 Å². The van der Waals surface area contributed by atoms with Gasteiger partial charge in [0, 0.05) is 39.1 Å². The molecule has 0 saturated carbocycles. The number of nitrogens with zero attached hydrogens (tertiary/aromatic N) is 2. The number of ketones is 1. The van der Waals surface area contributed by atoms with Crippen molar-refractivity contribution >= 4 is 34.3 Å². The topological polar surface area (TPSA) is 66.6 Å². The van der Waals surface area contributed by atoms with Gasteiger partial charge in [0.2, 0.25) is 5.91 Å². The molecule has 0 unspecified atom stereocenters. The second kappa shape index (κ2) is 7.18. The van der Waals surface area contributed by atoms with Crippen molar-refractivity contribution in [3.8, 4) is 0 Å². The van der Waals surface area contributed by atoms with Crippen LogP contribution in [0.4, 0.5) is 0 Å². The average molecular weight is 339 g/mol. The molecule has 5 nitrogen and oxygen atoms in total. The number of nitrogens with two attached hydrogens (primary N) is 1. The molecular formula is C10H18IN3O2. The third-order valence-corrected chi connectivity index (χ3v) is 3.61. The van der Waals surface area contributed by atoms with Gasteiger partial charge in [0.15, 0.2) is 0 Å². The maximum absolute atomic E-state index is 11.3. The average Bonchev–Trinajstić information content (AvgIpc) is 2.35. The predicted octanol–water partition coefficient (Wildman–Crippen LogP) is -0.516. The van der Waals surface area contributed by atoms with Crippen molar-refractivity contribution in [1.82, 2.24) is 9.80 Å². The zero-order chi connectivity index (χ0) is 12.0. The molecule has 1 rings (SSSR count). The van der Waals surface area contributed by atoms with Crippen LogP contribution in [0.3, 0.4) is 0 Å². The molecule has 0 aromatic carbocycles. The van der Waals surface area contributed by atoms with E-state index >= 15 is 0 Å². The summed E-state index contributed by atoms with van der Waals surface area (Å²) in [6.45, 7) is 4.06. The van der Waals surface area contributed by atoms with E-state index in [1.807, 2.05) is 0 Å². The summed E-state index contributed by atoms with van der Waals surface area (Å²) in [6.07, 6.45) is 0.619. The molecular weight excluding hydrogens is 321 g/mol. The standard InChI is InChI=1S/C10H18IN3O2/c11-7-9(15)1-2-13-3-5-14(6-4-13)10(16)8-12/h1-8,12H2. The molecule has 0 bridgehead atoms. The SMILES string of the molecule is NCC(=O)N1CCN(CCC(=O)CI)CC1. The molecule has 1 aliphatic rings. The highest BCUT2D eigenvalue weighted by molar-refractivity contribution is 14.1. The Morgan fingerprint density at radius 3 is 2.31 bits per heavy atom.